The molecule has 0 spiro atoms. The van der Waals surface area contributed by atoms with Crippen molar-refractivity contribution in [2.75, 3.05) is 6.61 Å². The SMILES string of the molecule is C=C(O)C[C@@H]1COc2cc(O[C@@H]3CCc4c(Oc5ccc(C#N)c(C)c5)ccc(F)c43)ccc21. The van der Waals surface area contributed by atoms with E-state index in [2.05, 4.69) is 12.6 Å². The zero-order valence-electron chi connectivity index (χ0n) is 18.8. The van der Waals surface area contributed by atoms with Gasteiger partial charge in [0.05, 0.1) is 24.0 Å². The Balaban J connectivity index is 1.37. The van der Waals surface area contributed by atoms with Gasteiger partial charge in [-0.2, -0.15) is 5.26 Å². The van der Waals surface area contributed by atoms with Crippen LogP contribution in [0, 0.1) is 24.1 Å². The maximum Gasteiger partial charge on any atom is 0.131 e. The second kappa shape index (κ2) is 8.75. The molecular weight excluding hydrogens is 433 g/mol. The van der Waals surface area contributed by atoms with Gasteiger partial charge in [0.15, 0.2) is 0 Å². The van der Waals surface area contributed by atoms with Gasteiger partial charge in [-0.1, -0.05) is 12.6 Å². The highest BCUT2D eigenvalue weighted by Gasteiger charge is 2.32. The van der Waals surface area contributed by atoms with Crippen LogP contribution in [0.4, 0.5) is 4.39 Å². The van der Waals surface area contributed by atoms with Crippen LogP contribution in [0.5, 0.6) is 23.0 Å². The molecule has 0 unspecified atom stereocenters. The average Bonchev–Trinajstić information content (AvgIpc) is 3.40. The number of allylic oxidation sites excluding steroid dienone is 1. The van der Waals surface area contributed by atoms with E-state index in [0.717, 1.165) is 22.4 Å². The Morgan fingerprint density at radius 2 is 2.03 bits per heavy atom. The van der Waals surface area contributed by atoms with E-state index in [9.17, 15) is 9.50 Å². The van der Waals surface area contributed by atoms with Crippen molar-refractivity contribution in [3.05, 3.63) is 94.5 Å². The summed E-state index contributed by atoms with van der Waals surface area (Å²) in [5.41, 5.74) is 3.74. The van der Waals surface area contributed by atoms with Crippen LogP contribution < -0.4 is 14.2 Å². The normalized spacial score (nSPS) is 17.9. The van der Waals surface area contributed by atoms with Gasteiger partial charge in [-0.05, 0) is 61.7 Å². The minimum Gasteiger partial charge on any atom is -0.513 e. The Morgan fingerprint density at radius 1 is 1.21 bits per heavy atom. The number of halogens is 1. The third-order valence-corrected chi connectivity index (χ3v) is 6.41. The van der Waals surface area contributed by atoms with Crippen molar-refractivity contribution in [2.24, 2.45) is 0 Å². The van der Waals surface area contributed by atoms with Gasteiger partial charge in [-0.15, -0.1) is 0 Å². The Morgan fingerprint density at radius 3 is 2.79 bits per heavy atom. The molecule has 5 nitrogen and oxygen atoms in total. The van der Waals surface area contributed by atoms with E-state index in [1.165, 1.54) is 6.07 Å². The monoisotopic (exact) mass is 457 g/mol. The summed E-state index contributed by atoms with van der Waals surface area (Å²) in [4.78, 5) is 0. The zero-order chi connectivity index (χ0) is 23.8. The lowest BCUT2D eigenvalue weighted by Crippen LogP contribution is -2.06. The van der Waals surface area contributed by atoms with E-state index < -0.39 is 6.10 Å². The van der Waals surface area contributed by atoms with E-state index in [1.807, 2.05) is 25.1 Å². The quantitative estimate of drug-likeness (QED) is 0.412. The molecule has 1 aliphatic carbocycles. The van der Waals surface area contributed by atoms with Crippen molar-refractivity contribution < 1.29 is 23.7 Å². The van der Waals surface area contributed by atoms with Crippen LogP contribution in [0.1, 0.15) is 52.7 Å². The Kier molecular flexibility index (Phi) is 5.62. The minimum absolute atomic E-state index is 0.0665. The summed E-state index contributed by atoms with van der Waals surface area (Å²) >= 11 is 0. The molecule has 1 heterocycles. The molecule has 1 aliphatic heterocycles. The van der Waals surface area contributed by atoms with Crippen molar-refractivity contribution in [1.29, 1.82) is 5.26 Å². The Labute approximate surface area is 197 Å². The number of hydrogen-bond donors (Lipinski definition) is 1. The molecule has 0 amide bonds. The lowest BCUT2D eigenvalue weighted by Gasteiger charge is -2.17. The van der Waals surface area contributed by atoms with Crippen molar-refractivity contribution in [3.8, 4) is 29.1 Å². The second-order valence-corrected chi connectivity index (χ2v) is 8.75. The number of nitrogens with zero attached hydrogens (tertiary/aromatic N) is 1. The van der Waals surface area contributed by atoms with Crippen molar-refractivity contribution in [3.63, 3.8) is 0 Å². The smallest absolute Gasteiger partial charge is 0.131 e. The highest BCUT2D eigenvalue weighted by atomic mass is 19.1. The van der Waals surface area contributed by atoms with E-state index in [0.29, 0.717) is 54.2 Å². The summed E-state index contributed by atoms with van der Waals surface area (Å²) in [5, 5.41) is 18.7. The summed E-state index contributed by atoms with van der Waals surface area (Å²) in [7, 11) is 0. The van der Waals surface area contributed by atoms with Crippen molar-refractivity contribution >= 4 is 0 Å². The first-order valence-corrected chi connectivity index (χ1v) is 11.2. The standard InChI is InChI=1S/C28H24FNO4/c1-16-11-20(4-3-18(16)14-30)33-25-10-8-24(29)28-23(25)7-9-26(28)34-21-5-6-22-19(12-17(2)31)15-32-27(22)13-21/h3-6,8,10-11,13,19,26,31H,2,7,9,12,15H2,1H3/t19-,26-/m1/s1. The first kappa shape index (κ1) is 21.8. The molecular formula is C28H24FNO4. The number of benzene rings is 3. The first-order valence-electron chi connectivity index (χ1n) is 11.2. The van der Waals surface area contributed by atoms with Gasteiger partial charge in [0, 0.05) is 35.1 Å². The van der Waals surface area contributed by atoms with Gasteiger partial charge in [-0.25, -0.2) is 4.39 Å². The number of hydrogen-bond acceptors (Lipinski definition) is 5. The number of nitriles is 1. The Bertz CT molecular complexity index is 1330. The highest BCUT2D eigenvalue weighted by molar-refractivity contribution is 5.50. The van der Waals surface area contributed by atoms with E-state index in [-0.39, 0.29) is 17.5 Å². The summed E-state index contributed by atoms with van der Waals surface area (Å²) in [5.74, 6) is 2.40. The van der Waals surface area contributed by atoms with Crippen molar-refractivity contribution in [1.82, 2.24) is 0 Å². The molecule has 0 bridgehead atoms. The fraction of sp³-hybridized carbons (Fsp3) is 0.250. The lowest BCUT2D eigenvalue weighted by molar-refractivity contribution is 0.202. The molecule has 3 aromatic rings. The maximum absolute atomic E-state index is 14.9. The number of aryl methyl sites for hydroxylation is 1. The summed E-state index contributed by atoms with van der Waals surface area (Å²) in [6.45, 7) is 5.90. The van der Waals surface area contributed by atoms with Crippen LogP contribution in [-0.4, -0.2) is 11.7 Å². The predicted octanol–water partition coefficient (Wildman–Crippen LogP) is 6.80. The lowest BCUT2D eigenvalue weighted by atomic mass is 9.97. The third-order valence-electron chi connectivity index (χ3n) is 6.41. The second-order valence-electron chi connectivity index (χ2n) is 8.75. The van der Waals surface area contributed by atoms with Gasteiger partial charge >= 0.3 is 0 Å². The topological polar surface area (TPSA) is 71.7 Å². The van der Waals surface area contributed by atoms with Crippen LogP contribution >= 0.6 is 0 Å². The predicted molar refractivity (Wildman–Crippen MR) is 125 cm³/mol. The Hall–Kier alpha value is -3.98. The molecule has 0 fully saturated rings. The molecule has 2 aliphatic rings. The fourth-order valence-electron chi connectivity index (χ4n) is 4.76. The van der Waals surface area contributed by atoms with Crippen LogP contribution in [-0.2, 0) is 6.42 Å². The molecule has 172 valence electrons. The van der Waals surface area contributed by atoms with Crippen LogP contribution in [0.3, 0.4) is 0 Å². The summed E-state index contributed by atoms with van der Waals surface area (Å²) in [6.07, 6.45) is 1.28. The third kappa shape index (κ3) is 4.06. The van der Waals surface area contributed by atoms with E-state index in [4.69, 9.17) is 19.5 Å². The molecule has 1 N–H and O–H groups in total. The average molecular weight is 458 g/mol. The molecule has 3 aromatic carbocycles. The number of aliphatic hydroxyl groups excluding tert-OH is 1. The number of ether oxygens (including phenoxy) is 3. The van der Waals surface area contributed by atoms with Gasteiger partial charge in [0.25, 0.3) is 0 Å². The number of aliphatic hydroxyl groups is 1. The van der Waals surface area contributed by atoms with Gasteiger partial charge < -0.3 is 19.3 Å². The highest BCUT2D eigenvalue weighted by Crippen LogP contribution is 2.44. The van der Waals surface area contributed by atoms with Crippen LogP contribution in [0.2, 0.25) is 0 Å². The van der Waals surface area contributed by atoms with Crippen LogP contribution in [0.15, 0.2) is 60.9 Å². The molecule has 5 rings (SSSR count). The van der Waals surface area contributed by atoms with E-state index in [1.54, 1.807) is 24.3 Å². The molecule has 0 radical (unpaired) electrons. The fourth-order valence-corrected chi connectivity index (χ4v) is 4.76. The molecule has 2 atom stereocenters. The van der Waals surface area contributed by atoms with Gasteiger partial charge in [-0.3, -0.25) is 0 Å². The molecule has 0 aromatic heterocycles. The molecule has 0 saturated heterocycles. The summed E-state index contributed by atoms with van der Waals surface area (Å²) in [6, 6.07) is 16.1. The number of rotatable bonds is 6. The van der Waals surface area contributed by atoms with Crippen molar-refractivity contribution in [2.45, 2.75) is 38.2 Å². The van der Waals surface area contributed by atoms with Gasteiger partial charge in [0.2, 0.25) is 0 Å². The van der Waals surface area contributed by atoms with E-state index >= 15 is 0 Å². The largest absolute Gasteiger partial charge is 0.513 e. The first-order chi connectivity index (χ1) is 16.4. The van der Waals surface area contributed by atoms with Crippen LogP contribution in [0.25, 0.3) is 0 Å². The molecule has 0 saturated carbocycles. The molecule has 6 heteroatoms. The zero-order valence-corrected chi connectivity index (χ0v) is 18.8. The number of fused-ring (bicyclic) bond motifs is 2. The molecule has 34 heavy (non-hydrogen) atoms. The maximum atomic E-state index is 14.9. The minimum atomic E-state index is -0.436. The van der Waals surface area contributed by atoms with Gasteiger partial charge in [0.1, 0.15) is 34.9 Å². The summed E-state index contributed by atoms with van der Waals surface area (Å²) < 4.78 is 32.9.